The van der Waals surface area contributed by atoms with Crippen LogP contribution >= 0.6 is 0 Å². The zero-order valence-electron chi connectivity index (χ0n) is 27.1. The Morgan fingerprint density at radius 2 is 0.579 bits per heavy atom. The minimum Gasteiger partial charge on any atom is -0.330 e. The second-order valence-electron chi connectivity index (χ2n) is 13.5. The van der Waals surface area contributed by atoms with Crippen molar-refractivity contribution in [3.05, 3.63) is 0 Å². The fourth-order valence-electron chi connectivity index (χ4n) is 7.60. The van der Waals surface area contributed by atoms with Crippen LogP contribution < -0.4 is 5.73 Å². The highest BCUT2D eigenvalue weighted by molar-refractivity contribution is 4.86. The van der Waals surface area contributed by atoms with E-state index in [1.54, 1.807) is 32.1 Å². The minimum absolute atomic E-state index is 0.877. The average Bonchev–Trinajstić information content (AvgIpc) is 2.93. The molecule has 1 saturated carbocycles. The summed E-state index contributed by atoms with van der Waals surface area (Å²) in [6, 6.07) is 0. The Hall–Kier alpha value is -0.0400. The fourth-order valence-corrected chi connectivity index (χ4v) is 7.60. The summed E-state index contributed by atoms with van der Waals surface area (Å²) < 4.78 is 0. The summed E-state index contributed by atoms with van der Waals surface area (Å²) in [5, 5.41) is 0. The molecule has 0 amide bonds. The number of rotatable bonds is 28. The maximum absolute atomic E-state index is 5.70. The zero-order valence-corrected chi connectivity index (χ0v) is 27.1. The number of nitrogens with two attached hydrogens (primary N) is 1. The van der Waals surface area contributed by atoms with Gasteiger partial charge >= 0.3 is 0 Å². The van der Waals surface area contributed by atoms with Crippen LogP contribution in [0.3, 0.4) is 0 Å². The lowest BCUT2D eigenvalue weighted by Crippen LogP contribution is -2.32. The molecule has 38 heavy (non-hydrogen) atoms. The summed E-state index contributed by atoms with van der Waals surface area (Å²) in [5.74, 6) is 4.17. The molecule has 0 aliphatic heterocycles. The van der Waals surface area contributed by atoms with Crippen LogP contribution in [0.25, 0.3) is 0 Å². The largest absolute Gasteiger partial charge is 0.330 e. The van der Waals surface area contributed by atoms with E-state index in [0.717, 1.165) is 30.2 Å². The van der Waals surface area contributed by atoms with Crippen LogP contribution in [0.2, 0.25) is 0 Å². The van der Waals surface area contributed by atoms with Gasteiger partial charge in [-0.3, -0.25) is 0 Å². The molecule has 1 aliphatic carbocycles. The van der Waals surface area contributed by atoms with Crippen molar-refractivity contribution in [1.29, 1.82) is 0 Å². The van der Waals surface area contributed by atoms with Gasteiger partial charge in [-0.1, -0.05) is 188 Å². The summed E-state index contributed by atoms with van der Waals surface area (Å²) in [5.41, 5.74) is 5.70. The molecule has 0 saturated heterocycles. The van der Waals surface area contributed by atoms with Crippen LogP contribution in [-0.4, -0.2) is 6.54 Å². The van der Waals surface area contributed by atoms with Crippen LogP contribution in [0.1, 0.15) is 207 Å². The van der Waals surface area contributed by atoms with Gasteiger partial charge < -0.3 is 5.73 Å². The molecule has 4 atom stereocenters. The molecular formula is C37H75N. The lowest BCUT2D eigenvalue weighted by Gasteiger charge is -2.42. The lowest BCUT2D eigenvalue weighted by atomic mass is 9.63. The average molecular weight is 534 g/mol. The highest BCUT2D eigenvalue weighted by Crippen LogP contribution is 2.46. The number of hydrogen-bond acceptors (Lipinski definition) is 1. The van der Waals surface area contributed by atoms with Crippen molar-refractivity contribution >= 4 is 0 Å². The maximum Gasteiger partial charge on any atom is -0.00773 e. The Morgan fingerprint density at radius 3 is 0.842 bits per heavy atom. The SMILES string of the molecule is CCCCCCCCC1CC(CCCCCCCCN)C(CCCCCCCC)CC1CCCCCCC. The second kappa shape index (κ2) is 27.1. The van der Waals surface area contributed by atoms with E-state index in [9.17, 15) is 0 Å². The topological polar surface area (TPSA) is 26.0 Å². The van der Waals surface area contributed by atoms with Gasteiger partial charge in [0.1, 0.15) is 0 Å². The van der Waals surface area contributed by atoms with Crippen molar-refractivity contribution in [3.63, 3.8) is 0 Å². The van der Waals surface area contributed by atoms with Crippen molar-refractivity contribution in [2.45, 2.75) is 207 Å². The first-order chi connectivity index (χ1) is 18.8. The molecule has 1 nitrogen and oxygen atoms in total. The first-order valence-electron chi connectivity index (χ1n) is 18.5. The van der Waals surface area contributed by atoms with Gasteiger partial charge in [-0.15, -0.1) is 0 Å². The quantitative estimate of drug-likeness (QED) is 0.0994. The third-order valence-electron chi connectivity index (χ3n) is 10.1. The highest BCUT2D eigenvalue weighted by Gasteiger charge is 2.35. The molecule has 2 N–H and O–H groups in total. The van der Waals surface area contributed by atoms with Gasteiger partial charge in [0, 0.05) is 0 Å². The van der Waals surface area contributed by atoms with Crippen LogP contribution in [0, 0.1) is 23.7 Å². The van der Waals surface area contributed by atoms with Crippen molar-refractivity contribution in [2.24, 2.45) is 29.4 Å². The van der Waals surface area contributed by atoms with E-state index < -0.39 is 0 Å². The van der Waals surface area contributed by atoms with Gasteiger partial charge in [-0.2, -0.15) is 0 Å². The smallest absolute Gasteiger partial charge is 0.00773 e. The predicted octanol–water partition coefficient (Wildman–Crippen LogP) is 12.8. The van der Waals surface area contributed by atoms with Crippen LogP contribution in [0.15, 0.2) is 0 Å². The molecule has 0 heterocycles. The summed E-state index contributed by atoms with van der Waals surface area (Å²) >= 11 is 0. The van der Waals surface area contributed by atoms with Gasteiger partial charge in [-0.25, -0.2) is 0 Å². The first-order valence-corrected chi connectivity index (χ1v) is 18.5. The van der Waals surface area contributed by atoms with Crippen molar-refractivity contribution in [3.8, 4) is 0 Å². The molecule has 0 radical (unpaired) electrons. The Labute approximate surface area is 242 Å². The molecule has 0 spiro atoms. The molecule has 0 aromatic carbocycles. The van der Waals surface area contributed by atoms with Gasteiger partial charge in [0.15, 0.2) is 0 Å². The van der Waals surface area contributed by atoms with Crippen molar-refractivity contribution < 1.29 is 0 Å². The van der Waals surface area contributed by atoms with E-state index in [0.29, 0.717) is 0 Å². The monoisotopic (exact) mass is 534 g/mol. The van der Waals surface area contributed by atoms with Crippen LogP contribution in [0.4, 0.5) is 0 Å². The maximum atomic E-state index is 5.70. The summed E-state index contributed by atoms with van der Waals surface area (Å²) in [7, 11) is 0. The molecular weight excluding hydrogens is 458 g/mol. The summed E-state index contributed by atoms with van der Waals surface area (Å²) in [4.78, 5) is 0. The third kappa shape index (κ3) is 19.1. The van der Waals surface area contributed by atoms with Crippen molar-refractivity contribution in [2.75, 3.05) is 6.54 Å². The van der Waals surface area contributed by atoms with E-state index in [4.69, 9.17) is 5.73 Å². The molecule has 0 aromatic heterocycles. The van der Waals surface area contributed by atoms with Gasteiger partial charge in [0.05, 0.1) is 0 Å². The van der Waals surface area contributed by atoms with E-state index in [1.807, 2.05) is 0 Å². The van der Waals surface area contributed by atoms with Crippen LogP contribution in [-0.2, 0) is 0 Å². The van der Waals surface area contributed by atoms with E-state index in [1.165, 1.54) is 154 Å². The number of hydrogen-bond donors (Lipinski definition) is 1. The molecule has 228 valence electrons. The molecule has 4 unspecified atom stereocenters. The molecule has 1 heteroatoms. The Balaban J connectivity index is 2.64. The Bertz CT molecular complexity index is 460. The fraction of sp³-hybridized carbons (Fsp3) is 1.00. The molecule has 0 bridgehead atoms. The molecule has 1 aliphatic rings. The highest BCUT2D eigenvalue weighted by atomic mass is 14.5. The normalized spacial score (nSPS) is 21.8. The second-order valence-corrected chi connectivity index (χ2v) is 13.5. The number of unbranched alkanes of at least 4 members (excludes halogenated alkanes) is 19. The van der Waals surface area contributed by atoms with Crippen molar-refractivity contribution in [1.82, 2.24) is 0 Å². The minimum atomic E-state index is 0.877. The zero-order chi connectivity index (χ0) is 27.5. The molecule has 1 fully saturated rings. The Morgan fingerprint density at radius 1 is 0.342 bits per heavy atom. The van der Waals surface area contributed by atoms with Crippen LogP contribution in [0.5, 0.6) is 0 Å². The van der Waals surface area contributed by atoms with E-state index in [-0.39, 0.29) is 0 Å². The van der Waals surface area contributed by atoms with E-state index in [2.05, 4.69) is 20.8 Å². The summed E-state index contributed by atoms with van der Waals surface area (Å²) in [6.45, 7) is 7.91. The van der Waals surface area contributed by atoms with Gasteiger partial charge in [0.2, 0.25) is 0 Å². The Kier molecular flexibility index (Phi) is 25.7. The lowest BCUT2D eigenvalue weighted by molar-refractivity contribution is 0.0814. The van der Waals surface area contributed by atoms with Gasteiger partial charge in [0.25, 0.3) is 0 Å². The predicted molar refractivity (Wildman–Crippen MR) is 174 cm³/mol. The van der Waals surface area contributed by atoms with E-state index >= 15 is 0 Å². The third-order valence-corrected chi connectivity index (χ3v) is 10.1. The standard InChI is InChI=1S/C37H75N/c1-4-7-10-13-18-23-28-35-33-37(30-25-20-15-16-21-26-31-38)36(29-24-19-14-11-8-5-2)32-34(35)27-22-17-12-9-6-3/h34-37H,4-33,38H2,1-3H3. The molecule has 1 rings (SSSR count). The summed E-state index contributed by atoms with van der Waals surface area (Å²) in [6.07, 6.45) is 42.6. The molecule has 0 aromatic rings. The first kappa shape index (κ1) is 36.0. The van der Waals surface area contributed by atoms with Gasteiger partial charge in [-0.05, 0) is 49.5 Å².